The third kappa shape index (κ3) is 5.30. The second-order valence-corrected chi connectivity index (χ2v) is 7.18. The molecule has 0 aliphatic carbocycles. The number of anilines is 2. The first-order valence-corrected chi connectivity index (χ1v) is 9.86. The highest BCUT2D eigenvalue weighted by molar-refractivity contribution is 5.95. The van der Waals surface area contributed by atoms with E-state index >= 15 is 0 Å². The molecule has 0 bridgehead atoms. The zero-order chi connectivity index (χ0) is 21.6. The molecule has 31 heavy (non-hydrogen) atoms. The molecule has 154 valence electrons. The fraction of sp³-hybridized carbons (Fsp3) is 0.0800. The summed E-state index contributed by atoms with van der Waals surface area (Å²) in [6.07, 6.45) is 3.33. The van der Waals surface area contributed by atoms with Crippen LogP contribution in [0, 0.1) is 12.7 Å². The van der Waals surface area contributed by atoms with Gasteiger partial charge in [-0.05, 0) is 48.4 Å². The van der Waals surface area contributed by atoms with Gasteiger partial charge in [0.15, 0.2) is 0 Å². The largest absolute Gasteiger partial charge is 0.348 e. The van der Waals surface area contributed by atoms with E-state index < -0.39 is 0 Å². The number of aryl methyl sites for hydroxylation is 1. The summed E-state index contributed by atoms with van der Waals surface area (Å²) in [7, 11) is 0. The summed E-state index contributed by atoms with van der Waals surface area (Å²) in [5, 5.41) is 6.04. The molecule has 1 heterocycles. The van der Waals surface area contributed by atoms with Gasteiger partial charge in [0.05, 0.1) is 0 Å². The molecule has 0 saturated heterocycles. The molecule has 0 aliphatic heterocycles. The van der Waals surface area contributed by atoms with Gasteiger partial charge in [-0.2, -0.15) is 0 Å². The van der Waals surface area contributed by atoms with E-state index in [1.165, 1.54) is 17.7 Å². The molecule has 3 aromatic carbocycles. The lowest BCUT2D eigenvalue weighted by Gasteiger charge is -2.09. The molecular weight excluding hydrogens is 391 g/mol. The molecule has 4 rings (SSSR count). The number of aromatic nitrogens is 2. The fourth-order valence-electron chi connectivity index (χ4n) is 3.04. The Labute approximate surface area is 180 Å². The first-order chi connectivity index (χ1) is 15.1. The topological polar surface area (TPSA) is 66.9 Å². The summed E-state index contributed by atoms with van der Waals surface area (Å²) in [6.45, 7) is 2.49. The van der Waals surface area contributed by atoms with Crippen LogP contribution in [0.5, 0.6) is 0 Å². The van der Waals surface area contributed by atoms with Gasteiger partial charge in [0.2, 0.25) is 5.95 Å². The third-order valence-electron chi connectivity index (χ3n) is 4.78. The molecule has 0 atom stereocenters. The SMILES string of the molecule is Cc1ccc(CNC(=O)c2cccc(Nc3ncc(-c4ccc(F)cc4)cn3)c2)cc1. The number of halogens is 1. The highest BCUT2D eigenvalue weighted by atomic mass is 19.1. The zero-order valence-corrected chi connectivity index (χ0v) is 17.0. The van der Waals surface area contributed by atoms with E-state index in [0.717, 1.165) is 16.7 Å². The van der Waals surface area contributed by atoms with Crippen molar-refractivity contribution in [2.24, 2.45) is 0 Å². The van der Waals surface area contributed by atoms with Crippen LogP contribution in [0.4, 0.5) is 16.0 Å². The number of hydrogen-bond acceptors (Lipinski definition) is 4. The number of amides is 1. The van der Waals surface area contributed by atoms with Crippen LogP contribution in [-0.4, -0.2) is 15.9 Å². The smallest absolute Gasteiger partial charge is 0.251 e. The minimum Gasteiger partial charge on any atom is -0.348 e. The molecule has 0 fully saturated rings. The van der Waals surface area contributed by atoms with Crippen molar-refractivity contribution in [1.82, 2.24) is 15.3 Å². The Morgan fingerprint density at radius 3 is 2.32 bits per heavy atom. The van der Waals surface area contributed by atoms with Crippen molar-refractivity contribution >= 4 is 17.5 Å². The Bertz CT molecular complexity index is 1170. The van der Waals surface area contributed by atoms with Crippen molar-refractivity contribution < 1.29 is 9.18 Å². The maximum atomic E-state index is 13.1. The van der Waals surface area contributed by atoms with Gasteiger partial charge in [-0.15, -0.1) is 0 Å². The molecule has 0 saturated carbocycles. The molecule has 1 aromatic heterocycles. The maximum Gasteiger partial charge on any atom is 0.251 e. The molecule has 6 heteroatoms. The fourth-order valence-corrected chi connectivity index (χ4v) is 3.04. The van der Waals surface area contributed by atoms with Crippen LogP contribution >= 0.6 is 0 Å². The number of benzene rings is 3. The van der Waals surface area contributed by atoms with Gasteiger partial charge < -0.3 is 10.6 Å². The van der Waals surface area contributed by atoms with Crippen LogP contribution in [0.15, 0.2) is 85.2 Å². The Balaban J connectivity index is 1.40. The van der Waals surface area contributed by atoms with E-state index in [9.17, 15) is 9.18 Å². The van der Waals surface area contributed by atoms with Crippen molar-refractivity contribution in [1.29, 1.82) is 0 Å². The molecule has 0 unspecified atom stereocenters. The summed E-state index contributed by atoms with van der Waals surface area (Å²) in [4.78, 5) is 21.1. The second-order valence-electron chi connectivity index (χ2n) is 7.18. The molecule has 1 amide bonds. The molecule has 4 aromatic rings. The van der Waals surface area contributed by atoms with Crippen molar-refractivity contribution in [2.45, 2.75) is 13.5 Å². The predicted octanol–water partition coefficient (Wildman–Crippen LogP) is 5.26. The van der Waals surface area contributed by atoms with E-state index in [-0.39, 0.29) is 11.7 Å². The number of rotatable bonds is 6. The first kappa shape index (κ1) is 20.2. The lowest BCUT2D eigenvalue weighted by atomic mass is 10.1. The Morgan fingerprint density at radius 2 is 1.61 bits per heavy atom. The zero-order valence-electron chi connectivity index (χ0n) is 17.0. The number of carbonyl (C=O) groups is 1. The molecule has 0 spiro atoms. The van der Waals surface area contributed by atoms with Gasteiger partial charge in [0, 0.05) is 35.8 Å². The Hall–Kier alpha value is -4.06. The van der Waals surface area contributed by atoms with Crippen molar-refractivity contribution in [3.05, 3.63) is 108 Å². The minimum absolute atomic E-state index is 0.156. The van der Waals surface area contributed by atoms with Gasteiger partial charge in [0.25, 0.3) is 5.91 Å². The molecular formula is C25H21FN4O. The van der Waals surface area contributed by atoms with Crippen LogP contribution in [0.1, 0.15) is 21.5 Å². The van der Waals surface area contributed by atoms with E-state index in [2.05, 4.69) is 20.6 Å². The second kappa shape index (κ2) is 9.17. The third-order valence-corrected chi connectivity index (χ3v) is 4.78. The maximum absolute atomic E-state index is 13.1. The van der Waals surface area contributed by atoms with Crippen LogP contribution < -0.4 is 10.6 Å². The van der Waals surface area contributed by atoms with Gasteiger partial charge in [-0.25, -0.2) is 14.4 Å². The van der Waals surface area contributed by atoms with Crippen LogP contribution in [-0.2, 0) is 6.54 Å². The van der Waals surface area contributed by atoms with Crippen LogP contribution in [0.2, 0.25) is 0 Å². The van der Waals surface area contributed by atoms with Crippen molar-refractivity contribution in [2.75, 3.05) is 5.32 Å². The highest BCUT2D eigenvalue weighted by Crippen LogP contribution is 2.20. The quantitative estimate of drug-likeness (QED) is 0.453. The van der Waals surface area contributed by atoms with E-state index in [1.54, 1.807) is 42.7 Å². The molecule has 2 N–H and O–H groups in total. The standard InChI is InChI=1S/C25H21FN4O/c1-17-5-7-18(8-6-17)14-27-24(31)20-3-2-4-23(13-20)30-25-28-15-21(16-29-25)19-9-11-22(26)12-10-19/h2-13,15-16H,14H2,1H3,(H,27,31)(H,28,29,30). The summed E-state index contributed by atoms with van der Waals surface area (Å²) >= 11 is 0. The summed E-state index contributed by atoms with van der Waals surface area (Å²) in [5.74, 6) is -0.0365. The molecule has 5 nitrogen and oxygen atoms in total. The predicted molar refractivity (Wildman–Crippen MR) is 119 cm³/mol. The van der Waals surface area contributed by atoms with Gasteiger partial charge in [0.1, 0.15) is 5.82 Å². The van der Waals surface area contributed by atoms with E-state index in [4.69, 9.17) is 0 Å². The van der Waals surface area contributed by atoms with Crippen LogP contribution in [0.3, 0.4) is 0 Å². The minimum atomic E-state index is -0.286. The van der Waals surface area contributed by atoms with Gasteiger partial charge >= 0.3 is 0 Å². The summed E-state index contributed by atoms with van der Waals surface area (Å²) < 4.78 is 13.1. The Morgan fingerprint density at radius 1 is 0.903 bits per heavy atom. The van der Waals surface area contributed by atoms with Gasteiger partial charge in [-0.3, -0.25) is 4.79 Å². The summed E-state index contributed by atoms with van der Waals surface area (Å²) in [5.41, 5.74) is 5.09. The number of nitrogens with zero attached hydrogens (tertiary/aromatic N) is 2. The average molecular weight is 412 g/mol. The number of nitrogens with one attached hydrogen (secondary N) is 2. The first-order valence-electron chi connectivity index (χ1n) is 9.86. The lowest BCUT2D eigenvalue weighted by Crippen LogP contribution is -2.22. The van der Waals surface area contributed by atoms with Crippen molar-refractivity contribution in [3.63, 3.8) is 0 Å². The number of hydrogen-bond donors (Lipinski definition) is 2. The van der Waals surface area contributed by atoms with Crippen LogP contribution in [0.25, 0.3) is 11.1 Å². The lowest BCUT2D eigenvalue weighted by molar-refractivity contribution is 0.0951. The monoisotopic (exact) mass is 412 g/mol. The molecule has 0 aliphatic rings. The van der Waals surface area contributed by atoms with Gasteiger partial charge in [-0.1, -0.05) is 48.0 Å². The normalized spacial score (nSPS) is 10.5. The van der Waals surface area contributed by atoms with Crippen molar-refractivity contribution in [3.8, 4) is 11.1 Å². The molecule has 0 radical (unpaired) electrons. The summed E-state index contributed by atoms with van der Waals surface area (Å²) in [6, 6.07) is 21.4. The highest BCUT2D eigenvalue weighted by Gasteiger charge is 2.07. The van der Waals surface area contributed by atoms with E-state index in [1.807, 2.05) is 37.3 Å². The van der Waals surface area contributed by atoms with E-state index in [0.29, 0.717) is 23.7 Å². The Kier molecular flexibility index (Phi) is 5.98. The number of carbonyl (C=O) groups excluding carboxylic acids is 1. The average Bonchev–Trinajstić information content (AvgIpc) is 2.80.